The lowest BCUT2D eigenvalue weighted by Gasteiger charge is -2.18. The number of nitrogens with zero attached hydrogens (tertiary/aromatic N) is 1. The van der Waals surface area contributed by atoms with E-state index in [-0.39, 0.29) is 0 Å². The summed E-state index contributed by atoms with van der Waals surface area (Å²) in [6, 6.07) is 36.9. The standard InChI is InChI=1S/C35H23NO/c1-2-7-25-20-26(15-12-22(25)6-1)34-27-9-3-4-10-28(27)35(29-18-19-36-21-31(29)34)37-32-17-16-24-14-13-23-8-5-11-30(32)33(23)24/h1-12,15-21H,13-14H2. The van der Waals surface area contributed by atoms with Gasteiger partial charge in [0, 0.05) is 33.9 Å². The molecular weight excluding hydrogens is 450 g/mol. The van der Waals surface area contributed by atoms with Crippen molar-refractivity contribution in [1.82, 2.24) is 4.98 Å². The molecule has 6 aromatic carbocycles. The molecule has 1 aliphatic carbocycles. The third-order valence-corrected chi connectivity index (χ3v) is 7.86. The number of ether oxygens (including phenoxy) is 1. The average Bonchev–Trinajstić information content (AvgIpc) is 3.38. The van der Waals surface area contributed by atoms with E-state index in [1.54, 1.807) is 0 Å². The molecule has 0 amide bonds. The molecule has 0 fully saturated rings. The van der Waals surface area contributed by atoms with Gasteiger partial charge in [-0.2, -0.15) is 0 Å². The van der Waals surface area contributed by atoms with Crippen molar-refractivity contribution in [2.24, 2.45) is 0 Å². The SMILES string of the molecule is c1ccc2cc(-c3c4ccccc4c(Oc4ccc5c6c(cccc46)CC5)c4ccncc34)ccc2c1. The van der Waals surface area contributed by atoms with Crippen molar-refractivity contribution in [3.8, 4) is 22.6 Å². The Bertz CT molecular complexity index is 1950. The monoisotopic (exact) mass is 473 g/mol. The number of hydrogen-bond donors (Lipinski definition) is 0. The molecule has 37 heavy (non-hydrogen) atoms. The molecule has 0 radical (unpaired) electrons. The van der Waals surface area contributed by atoms with Crippen molar-refractivity contribution in [2.75, 3.05) is 0 Å². The quantitative estimate of drug-likeness (QED) is 0.239. The highest BCUT2D eigenvalue weighted by Crippen LogP contribution is 2.46. The Morgan fingerprint density at radius 3 is 2.24 bits per heavy atom. The normalized spacial score (nSPS) is 12.6. The van der Waals surface area contributed by atoms with Crippen molar-refractivity contribution in [3.63, 3.8) is 0 Å². The van der Waals surface area contributed by atoms with Crippen LogP contribution in [0.5, 0.6) is 11.5 Å². The van der Waals surface area contributed by atoms with Gasteiger partial charge in [0.25, 0.3) is 0 Å². The maximum Gasteiger partial charge on any atom is 0.143 e. The Balaban J connectivity index is 1.41. The molecule has 174 valence electrons. The number of pyridine rings is 1. The molecule has 0 bridgehead atoms. The van der Waals surface area contributed by atoms with Crippen LogP contribution in [0.4, 0.5) is 0 Å². The molecule has 0 aliphatic heterocycles. The molecule has 1 aliphatic rings. The highest BCUT2D eigenvalue weighted by atomic mass is 16.5. The first kappa shape index (κ1) is 20.5. The van der Waals surface area contributed by atoms with Crippen molar-refractivity contribution >= 4 is 43.1 Å². The van der Waals surface area contributed by atoms with Crippen LogP contribution in [0.2, 0.25) is 0 Å². The third-order valence-electron chi connectivity index (χ3n) is 7.86. The van der Waals surface area contributed by atoms with Gasteiger partial charge in [-0.3, -0.25) is 4.98 Å². The highest BCUT2D eigenvalue weighted by molar-refractivity contribution is 6.17. The van der Waals surface area contributed by atoms with Gasteiger partial charge < -0.3 is 4.74 Å². The van der Waals surface area contributed by atoms with E-state index in [4.69, 9.17) is 4.74 Å². The van der Waals surface area contributed by atoms with Crippen LogP contribution in [0.1, 0.15) is 11.1 Å². The van der Waals surface area contributed by atoms with Crippen LogP contribution in [0.25, 0.3) is 54.2 Å². The van der Waals surface area contributed by atoms with Crippen LogP contribution < -0.4 is 4.74 Å². The molecule has 0 saturated carbocycles. The Hall–Kier alpha value is -4.69. The summed E-state index contributed by atoms with van der Waals surface area (Å²) in [5, 5.41) is 9.46. The zero-order valence-electron chi connectivity index (χ0n) is 20.2. The molecular formula is C35H23NO. The number of rotatable bonds is 3. The van der Waals surface area contributed by atoms with Crippen molar-refractivity contribution in [2.45, 2.75) is 12.8 Å². The van der Waals surface area contributed by atoms with Crippen molar-refractivity contribution in [1.29, 1.82) is 0 Å². The smallest absolute Gasteiger partial charge is 0.143 e. The summed E-state index contributed by atoms with van der Waals surface area (Å²) in [5.74, 6) is 1.79. The minimum Gasteiger partial charge on any atom is -0.455 e. The van der Waals surface area contributed by atoms with Crippen LogP contribution in [0, 0.1) is 0 Å². The summed E-state index contributed by atoms with van der Waals surface area (Å²) in [7, 11) is 0. The lowest BCUT2D eigenvalue weighted by molar-refractivity contribution is 0.499. The Morgan fingerprint density at radius 2 is 1.32 bits per heavy atom. The lowest BCUT2D eigenvalue weighted by atomic mass is 9.91. The van der Waals surface area contributed by atoms with E-state index in [2.05, 4.69) is 108 Å². The fraction of sp³-hybridized carbons (Fsp3) is 0.0571. The summed E-state index contributed by atoms with van der Waals surface area (Å²) in [6.07, 6.45) is 6.05. The van der Waals surface area contributed by atoms with Gasteiger partial charge >= 0.3 is 0 Å². The van der Waals surface area contributed by atoms with Crippen LogP contribution in [-0.2, 0) is 12.8 Å². The summed E-state index contributed by atoms with van der Waals surface area (Å²) >= 11 is 0. The minimum absolute atomic E-state index is 0.885. The van der Waals surface area contributed by atoms with E-state index >= 15 is 0 Å². The van der Waals surface area contributed by atoms with Gasteiger partial charge in [0.05, 0.1) is 0 Å². The second-order valence-corrected chi connectivity index (χ2v) is 9.90. The largest absolute Gasteiger partial charge is 0.455 e. The molecule has 2 nitrogen and oxygen atoms in total. The van der Waals surface area contributed by atoms with Gasteiger partial charge in [0.2, 0.25) is 0 Å². The fourth-order valence-corrected chi connectivity index (χ4v) is 6.17. The first-order valence-electron chi connectivity index (χ1n) is 12.8. The topological polar surface area (TPSA) is 22.1 Å². The van der Waals surface area contributed by atoms with Crippen molar-refractivity contribution < 1.29 is 4.74 Å². The van der Waals surface area contributed by atoms with E-state index in [0.717, 1.165) is 40.5 Å². The minimum atomic E-state index is 0.885. The van der Waals surface area contributed by atoms with Gasteiger partial charge in [-0.15, -0.1) is 0 Å². The molecule has 2 heteroatoms. The second kappa shape index (κ2) is 7.91. The first-order valence-corrected chi connectivity index (χ1v) is 12.8. The number of fused-ring (bicyclic) bond motifs is 3. The van der Waals surface area contributed by atoms with Gasteiger partial charge in [0.15, 0.2) is 0 Å². The zero-order valence-corrected chi connectivity index (χ0v) is 20.2. The number of hydrogen-bond acceptors (Lipinski definition) is 2. The van der Waals surface area contributed by atoms with E-state index < -0.39 is 0 Å². The third kappa shape index (κ3) is 3.09. The predicted octanol–water partition coefficient (Wildman–Crippen LogP) is 9.25. The Morgan fingerprint density at radius 1 is 0.568 bits per heavy atom. The number of aryl methyl sites for hydroxylation is 2. The molecule has 1 heterocycles. The lowest BCUT2D eigenvalue weighted by Crippen LogP contribution is -1.94. The second-order valence-electron chi connectivity index (χ2n) is 9.90. The molecule has 8 rings (SSSR count). The molecule has 0 atom stereocenters. The molecule has 0 saturated heterocycles. The summed E-state index contributed by atoms with van der Waals surface area (Å²) < 4.78 is 6.89. The zero-order chi connectivity index (χ0) is 24.3. The van der Waals surface area contributed by atoms with Gasteiger partial charge in [-0.25, -0.2) is 0 Å². The van der Waals surface area contributed by atoms with Gasteiger partial charge in [0.1, 0.15) is 11.5 Å². The van der Waals surface area contributed by atoms with Gasteiger partial charge in [-0.1, -0.05) is 84.9 Å². The fourth-order valence-electron chi connectivity index (χ4n) is 6.17. The molecule has 1 aromatic heterocycles. The average molecular weight is 474 g/mol. The van der Waals surface area contributed by atoms with Crippen molar-refractivity contribution in [3.05, 3.63) is 127 Å². The summed E-state index contributed by atoms with van der Waals surface area (Å²) in [5.41, 5.74) is 5.22. The van der Waals surface area contributed by atoms with E-state index in [9.17, 15) is 0 Å². The summed E-state index contributed by atoms with van der Waals surface area (Å²) in [6.45, 7) is 0. The van der Waals surface area contributed by atoms with Crippen LogP contribution in [0.3, 0.4) is 0 Å². The van der Waals surface area contributed by atoms with Crippen LogP contribution in [0.15, 0.2) is 116 Å². The number of aromatic nitrogens is 1. The molecule has 0 N–H and O–H groups in total. The van der Waals surface area contributed by atoms with Crippen LogP contribution in [-0.4, -0.2) is 4.98 Å². The summed E-state index contributed by atoms with van der Waals surface area (Å²) in [4.78, 5) is 4.54. The Kier molecular flexibility index (Phi) is 4.38. The van der Waals surface area contributed by atoms with Gasteiger partial charge in [-0.05, 0) is 74.8 Å². The van der Waals surface area contributed by atoms with E-state index in [1.165, 1.54) is 49.2 Å². The number of benzene rings is 6. The van der Waals surface area contributed by atoms with E-state index in [0.29, 0.717) is 0 Å². The predicted molar refractivity (Wildman–Crippen MR) is 154 cm³/mol. The highest BCUT2D eigenvalue weighted by Gasteiger charge is 2.20. The maximum atomic E-state index is 6.89. The Labute approximate surface area is 214 Å². The maximum absolute atomic E-state index is 6.89. The van der Waals surface area contributed by atoms with Crippen LogP contribution >= 0.6 is 0 Å². The first-order chi connectivity index (χ1) is 18.3. The molecule has 0 spiro atoms. The molecule has 7 aromatic rings. The van der Waals surface area contributed by atoms with E-state index in [1.807, 2.05) is 12.4 Å². The molecule has 0 unspecified atom stereocenters.